The number of benzene rings is 1. The summed E-state index contributed by atoms with van der Waals surface area (Å²) in [6.07, 6.45) is 2.51. The molecule has 0 saturated carbocycles. The lowest BCUT2D eigenvalue weighted by Gasteiger charge is -2.35. The van der Waals surface area contributed by atoms with Crippen molar-refractivity contribution >= 4 is 17.4 Å². The van der Waals surface area contributed by atoms with E-state index in [1.807, 2.05) is 55.1 Å². The number of fused-ring (bicyclic) bond motifs is 1. The number of halogens is 3. The number of nitrogens with zero attached hydrogens (tertiary/aromatic N) is 6. The van der Waals surface area contributed by atoms with E-state index in [1.165, 1.54) is 0 Å². The summed E-state index contributed by atoms with van der Waals surface area (Å²) >= 11 is 0. The van der Waals surface area contributed by atoms with E-state index in [-0.39, 0.29) is 0 Å². The summed E-state index contributed by atoms with van der Waals surface area (Å²) in [4.78, 5) is 27.5. The number of aliphatic carboxylic acids is 1. The van der Waals surface area contributed by atoms with Crippen LogP contribution in [0.2, 0.25) is 0 Å². The van der Waals surface area contributed by atoms with Crippen LogP contribution in [-0.4, -0.2) is 74.8 Å². The monoisotopic (exact) mass is 514 g/mol. The Labute approximate surface area is 210 Å². The molecule has 1 saturated heterocycles. The van der Waals surface area contributed by atoms with Crippen LogP contribution in [0.25, 0.3) is 16.9 Å². The second-order valence-electron chi connectivity index (χ2n) is 8.21. The van der Waals surface area contributed by atoms with E-state index in [2.05, 4.69) is 36.3 Å². The third-order valence-electron chi connectivity index (χ3n) is 5.80. The number of ether oxygens (including phenoxy) is 1. The minimum Gasteiger partial charge on any atom is -0.497 e. The van der Waals surface area contributed by atoms with Crippen molar-refractivity contribution in [2.45, 2.75) is 12.7 Å². The van der Waals surface area contributed by atoms with Crippen LogP contribution in [0.4, 0.5) is 19.0 Å². The van der Waals surface area contributed by atoms with Crippen LogP contribution in [0.1, 0.15) is 5.69 Å². The Hall–Kier alpha value is -4.19. The molecule has 1 aliphatic heterocycles. The van der Waals surface area contributed by atoms with Crippen LogP contribution in [0.5, 0.6) is 5.75 Å². The molecule has 5 rings (SSSR count). The Bertz CT molecular complexity index is 1340. The molecule has 0 bridgehead atoms. The molecule has 9 nitrogen and oxygen atoms in total. The molecule has 0 spiro atoms. The number of carboxylic acids is 1. The van der Waals surface area contributed by atoms with E-state index >= 15 is 0 Å². The Morgan fingerprint density at radius 1 is 1.03 bits per heavy atom. The van der Waals surface area contributed by atoms with Gasteiger partial charge in [0.2, 0.25) is 0 Å². The first-order valence-corrected chi connectivity index (χ1v) is 11.4. The van der Waals surface area contributed by atoms with Gasteiger partial charge in [0.05, 0.1) is 24.7 Å². The zero-order chi connectivity index (χ0) is 26.4. The molecule has 1 fully saturated rings. The summed E-state index contributed by atoms with van der Waals surface area (Å²) in [7, 11) is 1.68. The maximum atomic E-state index is 10.6. The highest BCUT2D eigenvalue weighted by atomic mass is 19.4. The lowest BCUT2D eigenvalue weighted by atomic mass is 10.1. The fourth-order valence-electron chi connectivity index (χ4n) is 3.96. The molecule has 0 amide bonds. The Morgan fingerprint density at radius 2 is 1.78 bits per heavy atom. The molecule has 194 valence electrons. The first kappa shape index (κ1) is 25.9. The summed E-state index contributed by atoms with van der Waals surface area (Å²) in [5.41, 5.74) is 4.09. The van der Waals surface area contributed by atoms with Gasteiger partial charge < -0.3 is 14.7 Å². The number of alkyl halides is 3. The number of pyridine rings is 1. The van der Waals surface area contributed by atoms with Gasteiger partial charge in [-0.05, 0) is 24.3 Å². The van der Waals surface area contributed by atoms with Crippen LogP contribution in [0.15, 0.2) is 67.3 Å². The molecule has 1 aliphatic rings. The van der Waals surface area contributed by atoms with Crippen molar-refractivity contribution in [3.05, 3.63) is 72.9 Å². The Kier molecular flexibility index (Phi) is 7.87. The van der Waals surface area contributed by atoms with E-state index in [4.69, 9.17) is 19.6 Å². The lowest BCUT2D eigenvalue weighted by Crippen LogP contribution is -2.46. The topological polar surface area (TPSA) is 96.1 Å². The molecule has 0 atom stereocenters. The summed E-state index contributed by atoms with van der Waals surface area (Å²) in [5, 5.41) is 7.12. The molecule has 3 aromatic heterocycles. The lowest BCUT2D eigenvalue weighted by molar-refractivity contribution is -0.192. The van der Waals surface area contributed by atoms with Gasteiger partial charge in [0.15, 0.2) is 11.5 Å². The molecule has 4 aromatic rings. The quantitative estimate of drug-likeness (QED) is 0.430. The number of hydrogen-bond donors (Lipinski definition) is 1. The predicted octanol–water partition coefficient (Wildman–Crippen LogP) is 3.76. The highest BCUT2D eigenvalue weighted by Gasteiger charge is 2.38. The van der Waals surface area contributed by atoms with E-state index in [9.17, 15) is 13.2 Å². The highest BCUT2D eigenvalue weighted by Crippen LogP contribution is 2.28. The summed E-state index contributed by atoms with van der Waals surface area (Å²) in [5.74, 6) is -0.989. The van der Waals surface area contributed by atoms with Crippen molar-refractivity contribution < 1.29 is 27.8 Å². The number of methoxy groups -OCH3 is 1. The molecule has 1 aromatic carbocycles. The van der Waals surface area contributed by atoms with Crippen molar-refractivity contribution in [3.8, 4) is 17.0 Å². The summed E-state index contributed by atoms with van der Waals surface area (Å²) in [6, 6.07) is 14.1. The fraction of sp³-hybridized carbons (Fsp3) is 0.280. The second kappa shape index (κ2) is 11.2. The summed E-state index contributed by atoms with van der Waals surface area (Å²) < 4.78 is 39.2. The van der Waals surface area contributed by atoms with Gasteiger partial charge in [0.25, 0.3) is 0 Å². The smallest absolute Gasteiger partial charge is 0.490 e. The number of carboxylic acid groups (broad SMARTS) is 1. The molecule has 4 heterocycles. The minimum absolute atomic E-state index is 0.834. The van der Waals surface area contributed by atoms with Crippen molar-refractivity contribution in [1.82, 2.24) is 24.3 Å². The van der Waals surface area contributed by atoms with Gasteiger partial charge in [0.1, 0.15) is 5.75 Å². The molecule has 0 radical (unpaired) electrons. The van der Waals surface area contributed by atoms with Gasteiger partial charge >= 0.3 is 12.1 Å². The fourth-order valence-corrected chi connectivity index (χ4v) is 3.96. The van der Waals surface area contributed by atoms with Crippen LogP contribution in [0.3, 0.4) is 0 Å². The number of anilines is 1. The molecule has 12 heteroatoms. The predicted molar refractivity (Wildman–Crippen MR) is 130 cm³/mol. The molecular formula is C25H25F3N6O3. The minimum atomic E-state index is -5.08. The maximum absolute atomic E-state index is 10.6. The largest absolute Gasteiger partial charge is 0.497 e. The van der Waals surface area contributed by atoms with Gasteiger partial charge in [-0.3, -0.25) is 14.3 Å². The van der Waals surface area contributed by atoms with Gasteiger partial charge in [-0.25, -0.2) is 14.8 Å². The first-order chi connectivity index (χ1) is 17.8. The van der Waals surface area contributed by atoms with Crippen molar-refractivity contribution in [3.63, 3.8) is 0 Å². The standard InChI is InChI=1S/C23H24N6O.C2HF3O2/c1-30-20-7-4-5-18(15-20)21-16-26-23-22(25-9-10-29(21)23)28-13-11-27(12-14-28)17-19-6-2-3-8-24-19;3-2(4,5)1(6)7/h2-10,15-16H,11-14,17H2,1H3;(H,6,7). The van der Waals surface area contributed by atoms with Crippen molar-refractivity contribution in [1.29, 1.82) is 0 Å². The van der Waals surface area contributed by atoms with Crippen molar-refractivity contribution in [2.24, 2.45) is 0 Å². The molecule has 37 heavy (non-hydrogen) atoms. The number of piperazine rings is 1. The third kappa shape index (κ3) is 6.33. The van der Waals surface area contributed by atoms with Crippen molar-refractivity contribution in [2.75, 3.05) is 38.2 Å². The molecule has 0 unspecified atom stereocenters. The zero-order valence-electron chi connectivity index (χ0n) is 20.0. The van der Waals surface area contributed by atoms with Crippen LogP contribution < -0.4 is 9.64 Å². The Balaban J connectivity index is 0.000000405. The second-order valence-corrected chi connectivity index (χ2v) is 8.21. The van der Waals surface area contributed by atoms with Gasteiger partial charge in [-0.2, -0.15) is 13.2 Å². The van der Waals surface area contributed by atoms with Gasteiger partial charge in [-0.15, -0.1) is 0 Å². The van der Waals surface area contributed by atoms with Gasteiger partial charge in [0, 0.05) is 56.9 Å². The highest BCUT2D eigenvalue weighted by molar-refractivity contribution is 5.73. The molecular weight excluding hydrogens is 489 g/mol. The van der Waals surface area contributed by atoms with E-state index in [1.54, 1.807) is 7.11 Å². The third-order valence-corrected chi connectivity index (χ3v) is 5.80. The van der Waals surface area contributed by atoms with E-state index in [0.29, 0.717) is 0 Å². The first-order valence-electron chi connectivity index (χ1n) is 11.4. The number of aromatic nitrogens is 4. The van der Waals surface area contributed by atoms with Crippen LogP contribution >= 0.6 is 0 Å². The SMILES string of the molecule is COc1cccc(-c2cnc3c(N4CCN(Cc5ccccn5)CC4)nccn23)c1.O=C(O)C(F)(F)F. The average Bonchev–Trinajstić information content (AvgIpc) is 3.34. The van der Waals surface area contributed by atoms with Crippen LogP contribution in [-0.2, 0) is 11.3 Å². The molecule has 0 aliphatic carbocycles. The van der Waals surface area contributed by atoms with Gasteiger partial charge in [-0.1, -0.05) is 18.2 Å². The average molecular weight is 515 g/mol. The summed E-state index contributed by atoms with van der Waals surface area (Å²) in [6.45, 7) is 4.67. The van der Waals surface area contributed by atoms with E-state index in [0.717, 1.165) is 66.9 Å². The number of imidazole rings is 1. The maximum Gasteiger partial charge on any atom is 0.490 e. The zero-order valence-corrected chi connectivity index (χ0v) is 20.0. The number of carbonyl (C=O) groups is 1. The van der Waals surface area contributed by atoms with Crippen LogP contribution in [0, 0.1) is 0 Å². The number of hydrogen-bond acceptors (Lipinski definition) is 7. The number of rotatable bonds is 5. The van der Waals surface area contributed by atoms with E-state index < -0.39 is 12.1 Å². The Morgan fingerprint density at radius 3 is 2.43 bits per heavy atom. The molecule has 1 N–H and O–H groups in total. The normalized spacial score (nSPS) is 14.2.